The Morgan fingerprint density at radius 3 is 2.76 bits per heavy atom. The number of nitrogens with one attached hydrogen (secondary N) is 1. The number of aromatic nitrogens is 4. The number of hydrogen-bond acceptors (Lipinski definition) is 6. The first-order chi connectivity index (χ1) is 17.7. The van der Waals surface area contributed by atoms with Gasteiger partial charge < -0.3 is 20.5 Å². The summed E-state index contributed by atoms with van der Waals surface area (Å²) in [7, 11) is 0. The fourth-order valence-electron chi connectivity index (χ4n) is 5.79. The summed E-state index contributed by atoms with van der Waals surface area (Å²) in [4.78, 5) is 41.4. The molecular formula is C25H22BrF2N7O2. The first kappa shape index (κ1) is 23.7. The highest BCUT2D eigenvalue weighted by atomic mass is 79.9. The molecule has 2 aliphatic rings. The summed E-state index contributed by atoms with van der Waals surface area (Å²) < 4.78 is 30.5. The highest BCUT2D eigenvalue weighted by Gasteiger charge is 2.58. The Balaban J connectivity index is 1.38. The van der Waals surface area contributed by atoms with Crippen LogP contribution in [0.2, 0.25) is 0 Å². The normalized spacial score (nSPS) is 22.8. The van der Waals surface area contributed by atoms with Crippen LogP contribution in [0.15, 0.2) is 41.3 Å². The van der Waals surface area contributed by atoms with E-state index in [0.717, 1.165) is 25.0 Å². The van der Waals surface area contributed by atoms with Crippen LogP contribution < -0.4 is 11.1 Å². The monoisotopic (exact) mass is 569 g/mol. The molecule has 9 nitrogen and oxygen atoms in total. The lowest BCUT2D eigenvalue weighted by atomic mass is 9.66. The van der Waals surface area contributed by atoms with E-state index in [-0.39, 0.29) is 46.8 Å². The van der Waals surface area contributed by atoms with E-state index in [9.17, 15) is 18.4 Å². The SMILES string of the molecule is C[C@]12CC[C@H]1N(C(=O)Cn1c3cc(F)c(F)cc3c3c(N)ncnc31)[C@H](C(=O)Nc1cccc(Br)n1)C2. The number of carbonyl (C=O) groups is 2. The average Bonchev–Trinajstić information content (AvgIpc) is 3.24. The van der Waals surface area contributed by atoms with Gasteiger partial charge >= 0.3 is 0 Å². The van der Waals surface area contributed by atoms with Gasteiger partial charge in [0.25, 0.3) is 0 Å². The Bertz CT molecular complexity index is 1610. The van der Waals surface area contributed by atoms with Crippen LogP contribution in [0.4, 0.5) is 20.4 Å². The van der Waals surface area contributed by atoms with Crippen LogP contribution in [-0.4, -0.2) is 48.3 Å². The predicted molar refractivity (Wildman–Crippen MR) is 136 cm³/mol. The minimum atomic E-state index is -1.05. The van der Waals surface area contributed by atoms with E-state index in [2.05, 4.69) is 43.1 Å². The molecule has 0 radical (unpaired) electrons. The minimum absolute atomic E-state index is 0.0960. The van der Waals surface area contributed by atoms with E-state index in [0.29, 0.717) is 27.6 Å². The third-order valence-corrected chi connectivity index (χ3v) is 8.13. The standard InChI is InChI=1S/C25H22BrF2N7O2/c1-25-6-5-17(25)35(16(9-25)24(37)33-19-4-2-3-18(26)32-19)20(36)10-34-15-8-14(28)13(27)7-12(15)21-22(29)30-11-31-23(21)34/h2-4,7-8,11,16-17H,5-6,9-10H2,1H3,(H2,29,30,31)(H,32,33,37)/t16-,17+,25+/m0/s1. The molecule has 2 amide bonds. The van der Waals surface area contributed by atoms with Crippen molar-refractivity contribution in [3.63, 3.8) is 0 Å². The number of halogens is 3. The van der Waals surface area contributed by atoms with Crippen LogP contribution in [0.25, 0.3) is 21.9 Å². The van der Waals surface area contributed by atoms with Gasteiger partial charge in [-0.3, -0.25) is 9.59 Å². The molecule has 12 heteroatoms. The van der Waals surface area contributed by atoms with Gasteiger partial charge in [0.05, 0.1) is 10.9 Å². The number of amides is 2. The van der Waals surface area contributed by atoms with Gasteiger partial charge in [-0.15, -0.1) is 0 Å². The van der Waals surface area contributed by atoms with Crippen molar-refractivity contribution in [1.29, 1.82) is 0 Å². The maximum atomic E-state index is 14.3. The lowest BCUT2D eigenvalue weighted by Gasteiger charge is -2.44. The van der Waals surface area contributed by atoms with Crippen molar-refractivity contribution in [2.45, 2.75) is 44.8 Å². The summed E-state index contributed by atoms with van der Waals surface area (Å²) in [6, 6.07) is 6.44. The summed E-state index contributed by atoms with van der Waals surface area (Å²) in [5.74, 6) is -2.26. The van der Waals surface area contributed by atoms with E-state index < -0.39 is 17.7 Å². The predicted octanol–water partition coefficient (Wildman–Crippen LogP) is 4.01. The topological polar surface area (TPSA) is 119 Å². The lowest BCUT2D eigenvalue weighted by Crippen LogP contribution is -2.52. The Labute approximate surface area is 218 Å². The van der Waals surface area contributed by atoms with Crippen molar-refractivity contribution in [1.82, 2.24) is 24.4 Å². The molecule has 37 heavy (non-hydrogen) atoms. The molecule has 1 aliphatic heterocycles. The third kappa shape index (κ3) is 3.73. The summed E-state index contributed by atoms with van der Waals surface area (Å²) in [5.41, 5.74) is 6.43. The van der Waals surface area contributed by atoms with Crippen molar-refractivity contribution in [3.8, 4) is 0 Å². The molecular weight excluding hydrogens is 548 g/mol. The van der Waals surface area contributed by atoms with Crippen molar-refractivity contribution >= 4 is 61.3 Å². The zero-order valence-corrected chi connectivity index (χ0v) is 21.3. The highest BCUT2D eigenvalue weighted by Crippen LogP contribution is 2.54. The number of hydrogen-bond donors (Lipinski definition) is 2. The molecule has 6 rings (SSSR count). The Hall–Kier alpha value is -3.67. The second-order valence-corrected chi connectivity index (χ2v) is 10.7. The van der Waals surface area contributed by atoms with Crippen LogP contribution in [0.1, 0.15) is 26.2 Å². The quantitative estimate of drug-likeness (QED) is 0.358. The first-order valence-electron chi connectivity index (χ1n) is 11.8. The fourth-order valence-corrected chi connectivity index (χ4v) is 6.14. The number of fused-ring (bicyclic) bond motifs is 4. The minimum Gasteiger partial charge on any atom is -0.383 e. The van der Waals surface area contributed by atoms with Crippen LogP contribution in [-0.2, 0) is 16.1 Å². The molecule has 4 aromatic rings. The second kappa shape index (κ2) is 8.44. The maximum Gasteiger partial charge on any atom is 0.248 e. The number of nitrogens with zero attached hydrogens (tertiary/aromatic N) is 5. The van der Waals surface area contributed by atoms with Crippen molar-refractivity contribution in [3.05, 3.63) is 52.9 Å². The molecule has 190 valence electrons. The highest BCUT2D eigenvalue weighted by molar-refractivity contribution is 9.10. The second-order valence-electron chi connectivity index (χ2n) is 9.89. The number of pyridine rings is 1. The number of carbonyl (C=O) groups excluding carboxylic acids is 2. The Kier molecular flexibility index (Phi) is 5.41. The molecule has 2 fully saturated rings. The van der Waals surface area contributed by atoms with Gasteiger partial charge in [-0.1, -0.05) is 13.0 Å². The molecule has 3 atom stereocenters. The van der Waals surface area contributed by atoms with Gasteiger partial charge in [0.1, 0.15) is 40.8 Å². The zero-order chi connectivity index (χ0) is 26.1. The lowest BCUT2D eigenvalue weighted by molar-refractivity contribution is -0.141. The van der Waals surface area contributed by atoms with E-state index in [1.165, 1.54) is 10.9 Å². The zero-order valence-electron chi connectivity index (χ0n) is 19.7. The van der Waals surface area contributed by atoms with Gasteiger partial charge in [0.15, 0.2) is 11.6 Å². The molecule has 3 aromatic heterocycles. The van der Waals surface area contributed by atoms with E-state index in [1.54, 1.807) is 23.1 Å². The number of benzene rings is 1. The molecule has 1 saturated heterocycles. The van der Waals surface area contributed by atoms with Gasteiger partial charge in [-0.05, 0) is 58.8 Å². The number of rotatable bonds is 4. The summed E-state index contributed by atoms with van der Waals surface area (Å²) >= 11 is 3.30. The van der Waals surface area contributed by atoms with E-state index in [1.807, 2.05) is 0 Å². The molecule has 4 heterocycles. The Morgan fingerprint density at radius 1 is 1.24 bits per heavy atom. The van der Waals surface area contributed by atoms with Gasteiger partial charge in [-0.2, -0.15) is 0 Å². The first-order valence-corrected chi connectivity index (χ1v) is 12.6. The largest absolute Gasteiger partial charge is 0.383 e. The van der Waals surface area contributed by atoms with Crippen LogP contribution in [0.3, 0.4) is 0 Å². The molecule has 0 bridgehead atoms. The van der Waals surface area contributed by atoms with Crippen molar-refractivity contribution < 1.29 is 18.4 Å². The van der Waals surface area contributed by atoms with Crippen LogP contribution >= 0.6 is 15.9 Å². The third-order valence-electron chi connectivity index (χ3n) is 7.69. The fraction of sp³-hybridized carbons (Fsp3) is 0.320. The number of nitrogens with two attached hydrogens (primary N) is 1. The smallest absolute Gasteiger partial charge is 0.248 e. The molecule has 3 N–H and O–H groups in total. The molecule has 1 saturated carbocycles. The average molecular weight is 570 g/mol. The number of anilines is 2. The Morgan fingerprint density at radius 2 is 2.03 bits per heavy atom. The molecule has 1 aliphatic carbocycles. The maximum absolute atomic E-state index is 14.3. The van der Waals surface area contributed by atoms with Crippen LogP contribution in [0.5, 0.6) is 0 Å². The van der Waals surface area contributed by atoms with E-state index in [4.69, 9.17) is 5.73 Å². The summed E-state index contributed by atoms with van der Waals surface area (Å²) in [6.07, 6.45) is 3.45. The van der Waals surface area contributed by atoms with Crippen molar-refractivity contribution in [2.75, 3.05) is 11.1 Å². The molecule has 0 spiro atoms. The summed E-state index contributed by atoms with van der Waals surface area (Å²) in [5, 5.41) is 3.48. The van der Waals surface area contributed by atoms with Gasteiger partial charge in [-0.25, -0.2) is 23.7 Å². The van der Waals surface area contributed by atoms with Gasteiger partial charge in [0, 0.05) is 17.5 Å². The van der Waals surface area contributed by atoms with Gasteiger partial charge in [0.2, 0.25) is 11.8 Å². The van der Waals surface area contributed by atoms with E-state index >= 15 is 0 Å². The summed E-state index contributed by atoms with van der Waals surface area (Å²) in [6.45, 7) is 1.85. The number of nitrogen functional groups attached to an aromatic ring is 1. The molecule has 1 aromatic carbocycles. The molecule has 0 unspecified atom stereocenters. The van der Waals surface area contributed by atoms with Crippen LogP contribution in [0, 0.1) is 17.0 Å². The van der Waals surface area contributed by atoms with Crippen molar-refractivity contribution in [2.24, 2.45) is 5.41 Å². The number of likely N-dealkylation sites (tertiary alicyclic amines) is 1.